The molecule has 4 N–H and O–H groups in total. The number of nitrogens with two attached hydrogens (primary N) is 1. The van der Waals surface area contributed by atoms with Gasteiger partial charge in [0, 0.05) is 12.6 Å². The Morgan fingerprint density at radius 2 is 2.31 bits per heavy atom. The Balaban J connectivity index is 1.94. The molecule has 0 bridgehead atoms. The van der Waals surface area contributed by atoms with Crippen molar-refractivity contribution in [2.24, 2.45) is 11.1 Å². The van der Waals surface area contributed by atoms with Crippen LogP contribution in [-0.2, 0) is 10.0 Å². The second kappa shape index (κ2) is 4.28. The molecule has 0 spiro atoms. The molecule has 0 saturated heterocycles. The van der Waals surface area contributed by atoms with Gasteiger partial charge >= 0.3 is 0 Å². The van der Waals surface area contributed by atoms with Gasteiger partial charge in [0.05, 0.1) is 6.20 Å². The minimum absolute atomic E-state index is 0.0630. The monoisotopic (exact) mass is 263 g/mol. The van der Waals surface area contributed by atoms with Crippen LogP contribution in [0.25, 0.3) is 0 Å². The van der Waals surface area contributed by atoms with Crippen LogP contribution in [0.15, 0.2) is 10.4 Å². The zero-order valence-electron chi connectivity index (χ0n) is 8.46. The molecule has 1 heterocycles. The number of hydrogen-bond acceptors (Lipinski definition) is 6. The second-order valence-electron chi connectivity index (χ2n) is 3.89. The fourth-order valence-electron chi connectivity index (χ4n) is 1.63. The summed E-state index contributed by atoms with van der Waals surface area (Å²) in [5, 5.41) is 17.5. The predicted octanol–water partition coefficient (Wildman–Crippen LogP) is -0.0267. The number of nitrogens with one attached hydrogen (secondary N) is 1. The molecule has 6 nitrogen and oxygen atoms in total. The van der Waals surface area contributed by atoms with E-state index in [2.05, 4.69) is 10.3 Å². The minimum Gasteiger partial charge on any atom is -0.396 e. The van der Waals surface area contributed by atoms with E-state index in [4.69, 9.17) is 10.2 Å². The number of aromatic nitrogens is 1. The number of sulfonamides is 1. The molecule has 0 amide bonds. The van der Waals surface area contributed by atoms with Crippen molar-refractivity contribution < 1.29 is 13.5 Å². The van der Waals surface area contributed by atoms with Crippen LogP contribution in [0.4, 0.5) is 5.13 Å². The van der Waals surface area contributed by atoms with E-state index in [0.717, 1.165) is 24.2 Å². The van der Waals surface area contributed by atoms with Gasteiger partial charge in [-0.1, -0.05) is 11.3 Å². The van der Waals surface area contributed by atoms with Crippen molar-refractivity contribution in [2.45, 2.75) is 23.1 Å². The predicted molar refractivity (Wildman–Crippen MR) is 60.7 cm³/mol. The first-order chi connectivity index (χ1) is 7.49. The van der Waals surface area contributed by atoms with Crippen molar-refractivity contribution in [3.63, 3.8) is 0 Å². The fraction of sp³-hybridized carbons (Fsp3) is 0.625. The van der Waals surface area contributed by atoms with E-state index in [0.29, 0.717) is 11.0 Å². The molecule has 1 aliphatic rings. The summed E-state index contributed by atoms with van der Waals surface area (Å²) in [5.41, 5.74) is 0. The molecule has 1 aromatic heterocycles. The Kier molecular flexibility index (Phi) is 3.15. The fourth-order valence-corrected chi connectivity index (χ4v) is 3.16. The number of aliphatic hydroxyl groups is 1. The Morgan fingerprint density at radius 1 is 1.62 bits per heavy atom. The maximum absolute atomic E-state index is 11.0. The summed E-state index contributed by atoms with van der Waals surface area (Å²) in [5.74, 6) is 0.357. The molecule has 90 valence electrons. The van der Waals surface area contributed by atoms with Gasteiger partial charge in [0.25, 0.3) is 0 Å². The van der Waals surface area contributed by atoms with E-state index in [1.807, 2.05) is 0 Å². The zero-order chi connectivity index (χ0) is 11.8. The molecule has 1 aromatic rings. The van der Waals surface area contributed by atoms with Crippen molar-refractivity contribution in [3.8, 4) is 0 Å². The Labute approximate surface area is 97.6 Å². The van der Waals surface area contributed by atoms with Gasteiger partial charge in [-0.15, -0.1) is 0 Å². The van der Waals surface area contributed by atoms with E-state index >= 15 is 0 Å². The first-order valence-corrected chi connectivity index (χ1v) is 7.21. The van der Waals surface area contributed by atoms with Gasteiger partial charge in [-0.2, -0.15) is 0 Å². The molecule has 0 aliphatic heterocycles. The van der Waals surface area contributed by atoms with Crippen LogP contribution in [0.3, 0.4) is 0 Å². The number of rotatable bonds is 4. The van der Waals surface area contributed by atoms with Crippen LogP contribution < -0.4 is 10.5 Å². The first-order valence-electron chi connectivity index (χ1n) is 4.85. The molecule has 8 heteroatoms. The largest absolute Gasteiger partial charge is 0.396 e. The molecule has 0 aromatic carbocycles. The summed E-state index contributed by atoms with van der Waals surface area (Å²) in [6.45, 7) is 0.207. The molecule has 1 saturated carbocycles. The van der Waals surface area contributed by atoms with Gasteiger partial charge in [0.2, 0.25) is 10.0 Å². The average Bonchev–Trinajstić information content (AvgIpc) is 2.57. The van der Waals surface area contributed by atoms with Gasteiger partial charge in [0.1, 0.15) is 0 Å². The standard InChI is InChI=1S/C8H13N3O3S2/c9-16(13,14)7-3-10-8(15-7)11-6-1-5(2-6)4-12/h3,5-6,12H,1-2,4H2,(H,10,11)(H2,9,13,14). The van der Waals surface area contributed by atoms with Crippen LogP contribution in [0, 0.1) is 5.92 Å². The lowest BCUT2D eigenvalue weighted by molar-refractivity contribution is 0.151. The molecular formula is C8H13N3O3S2. The smallest absolute Gasteiger partial charge is 0.249 e. The van der Waals surface area contributed by atoms with Gasteiger partial charge in [-0.25, -0.2) is 18.5 Å². The molecule has 1 fully saturated rings. The third kappa shape index (κ3) is 2.51. The lowest BCUT2D eigenvalue weighted by Crippen LogP contribution is -2.37. The van der Waals surface area contributed by atoms with Gasteiger partial charge in [0.15, 0.2) is 9.34 Å². The van der Waals surface area contributed by atoms with Crippen LogP contribution in [0.2, 0.25) is 0 Å². The highest BCUT2D eigenvalue weighted by Crippen LogP contribution is 2.31. The number of hydrogen-bond donors (Lipinski definition) is 3. The summed E-state index contributed by atoms with van der Waals surface area (Å²) in [4.78, 5) is 3.94. The maximum Gasteiger partial charge on any atom is 0.249 e. The normalized spacial score (nSPS) is 25.1. The van der Waals surface area contributed by atoms with E-state index < -0.39 is 10.0 Å². The van der Waals surface area contributed by atoms with Crippen LogP contribution >= 0.6 is 11.3 Å². The summed E-state index contributed by atoms with van der Waals surface area (Å²) in [6.07, 6.45) is 3.03. The van der Waals surface area contributed by atoms with Gasteiger partial charge in [-0.3, -0.25) is 0 Å². The molecule has 0 unspecified atom stereocenters. The van der Waals surface area contributed by atoms with Gasteiger partial charge in [-0.05, 0) is 18.8 Å². The van der Waals surface area contributed by atoms with E-state index in [1.54, 1.807) is 0 Å². The highest BCUT2D eigenvalue weighted by atomic mass is 32.2. The summed E-state index contributed by atoms with van der Waals surface area (Å²) < 4.78 is 22.1. The Hall–Kier alpha value is -0.700. The lowest BCUT2D eigenvalue weighted by atomic mass is 9.81. The topological polar surface area (TPSA) is 105 Å². The third-order valence-electron chi connectivity index (χ3n) is 2.59. The number of aliphatic hydroxyl groups excluding tert-OH is 1. The van der Waals surface area contributed by atoms with Crippen molar-refractivity contribution in [2.75, 3.05) is 11.9 Å². The number of thiazole rings is 1. The van der Waals surface area contributed by atoms with E-state index in [9.17, 15) is 8.42 Å². The minimum atomic E-state index is -3.65. The lowest BCUT2D eigenvalue weighted by Gasteiger charge is -2.34. The molecular weight excluding hydrogens is 250 g/mol. The molecule has 1 aliphatic carbocycles. The summed E-state index contributed by atoms with van der Waals surface area (Å²) in [7, 11) is -3.65. The number of nitrogens with zero attached hydrogens (tertiary/aromatic N) is 1. The first kappa shape index (κ1) is 11.8. The second-order valence-corrected chi connectivity index (χ2v) is 6.71. The van der Waals surface area contributed by atoms with Crippen molar-refractivity contribution in [1.29, 1.82) is 0 Å². The zero-order valence-corrected chi connectivity index (χ0v) is 10.1. The van der Waals surface area contributed by atoms with Crippen LogP contribution in [0.5, 0.6) is 0 Å². The maximum atomic E-state index is 11.0. The molecule has 2 rings (SSSR count). The van der Waals surface area contributed by atoms with Crippen LogP contribution in [0.1, 0.15) is 12.8 Å². The molecule has 0 radical (unpaired) electrons. The molecule has 0 atom stereocenters. The van der Waals surface area contributed by atoms with E-state index in [1.165, 1.54) is 6.20 Å². The summed E-state index contributed by atoms with van der Waals surface area (Å²) >= 11 is 1.03. The van der Waals surface area contributed by atoms with Crippen molar-refractivity contribution in [1.82, 2.24) is 4.98 Å². The number of primary sulfonamides is 1. The number of anilines is 1. The summed E-state index contributed by atoms with van der Waals surface area (Å²) in [6, 6.07) is 0.275. The average molecular weight is 263 g/mol. The highest BCUT2D eigenvalue weighted by Gasteiger charge is 2.29. The quantitative estimate of drug-likeness (QED) is 0.707. The molecule has 16 heavy (non-hydrogen) atoms. The third-order valence-corrected chi connectivity index (χ3v) is 4.92. The van der Waals surface area contributed by atoms with Crippen molar-refractivity contribution >= 4 is 26.5 Å². The van der Waals surface area contributed by atoms with Gasteiger partial charge < -0.3 is 10.4 Å². The Bertz CT molecular complexity index is 465. The van der Waals surface area contributed by atoms with E-state index in [-0.39, 0.29) is 16.9 Å². The van der Waals surface area contributed by atoms with Crippen molar-refractivity contribution in [3.05, 3.63) is 6.20 Å². The Morgan fingerprint density at radius 3 is 2.81 bits per heavy atom. The van der Waals surface area contributed by atoms with Crippen LogP contribution in [-0.4, -0.2) is 31.2 Å². The SMILES string of the molecule is NS(=O)(=O)c1cnc(NC2CC(CO)C2)s1. The highest BCUT2D eigenvalue weighted by molar-refractivity contribution is 7.91.